The molecular weight excluding hydrogens is 512 g/mol. The van der Waals surface area contributed by atoms with E-state index in [9.17, 15) is 4.79 Å². The lowest BCUT2D eigenvalue weighted by atomic mass is 9.90. The molecule has 0 unspecified atom stereocenters. The molecule has 4 aromatic rings. The third kappa shape index (κ3) is 5.73. The van der Waals surface area contributed by atoms with Crippen LogP contribution in [0.5, 0.6) is 0 Å². The van der Waals surface area contributed by atoms with E-state index in [0.29, 0.717) is 12.0 Å². The Morgan fingerprint density at radius 2 is 1.68 bits per heavy atom. The molecule has 2 fully saturated rings. The van der Waals surface area contributed by atoms with E-state index in [2.05, 4.69) is 88.6 Å². The van der Waals surface area contributed by atoms with Gasteiger partial charge in [-0.15, -0.1) is 11.3 Å². The number of para-hydroxylation sites is 1. The molecular formula is C34H40N4OS. The zero-order valence-corrected chi connectivity index (χ0v) is 24.6. The number of nitrogens with zero attached hydrogens (tertiary/aromatic N) is 3. The lowest BCUT2D eigenvalue weighted by molar-refractivity contribution is 0.0689. The molecule has 2 aromatic carbocycles. The highest BCUT2D eigenvalue weighted by Gasteiger charge is 2.30. The largest absolute Gasteiger partial charge is 0.340 e. The molecule has 3 heterocycles. The first-order chi connectivity index (χ1) is 19.6. The van der Waals surface area contributed by atoms with Gasteiger partial charge in [-0.25, -0.2) is 4.98 Å². The Kier molecular flexibility index (Phi) is 8.05. The second-order valence-electron chi connectivity index (χ2n) is 11.6. The quantitative estimate of drug-likeness (QED) is 0.250. The average molecular weight is 553 g/mol. The predicted octanol–water partition coefficient (Wildman–Crippen LogP) is 8.57. The molecule has 6 heteroatoms. The van der Waals surface area contributed by atoms with Gasteiger partial charge in [-0.1, -0.05) is 67.8 Å². The van der Waals surface area contributed by atoms with Gasteiger partial charge in [0, 0.05) is 35.9 Å². The Hall–Kier alpha value is -3.38. The van der Waals surface area contributed by atoms with Crippen molar-refractivity contribution >= 4 is 28.1 Å². The number of thiazole rings is 1. The number of aryl methyl sites for hydroxylation is 1. The van der Waals surface area contributed by atoms with Crippen LogP contribution in [0.15, 0.2) is 66.0 Å². The number of likely N-dealkylation sites (tertiary alicyclic amines) is 1. The molecule has 0 bridgehead atoms. The van der Waals surface area contributed by atoms with Crippen molar-refractivity contribution in [2.75, 3.05) is 18.4 Å². The van der Waals surface area contributed by atoms with E-state index in [1.54, 1.807) is 11.3 Å². The zero-order chi connectivity index (χ0) is 27.5. The first-order valence-corrected chi connectivity index (χ1v) is 15.8. The smallest absolute Gasteiger partial charge is 0.255 e. The van der Waals surface area contributed by atoms with Crippen molar-refractivity contribution in [2.45, 2.75) is 71.3 Å². The summed E-state index contributed by atoms with van der Waals surface area (Å²) in [6.07, 6.45) is 9.36. The van der Waals surface area contributed by atoms with Gasteiger partial charge in [-0.3, -0.25) is 4.79 Å². The molecule has 1 saturated carbocycles. The van der Waals surface area contributed by atoms with Crippen LogP contribution >= 0.6 is 11.3 Å². The molecule has 2 aromatic heterocycles. The molecule has 0 radical (unpaired) electrons. The van der Waals surface area contributed by atoms with Gasteiger partial charge in [0.25, 0.3) is 5.91 Å². The van der Waals surface area contributed by atoms with Crippen LogP contribution < -0.4 is 5.32 Å². The summed E-state index contributed by atoms with van der Waals surface area (Å²) in [5.74, 6) is 0.823. The maximum atomic E-state index is 13.9. The molecule has 40 heavy (non-hydrogen) atoms. The number of anilines is 2. The number of benzene rings is 2. The molecule has 0 spiro atoms. The first-order valence-electron chi connectivity index (χ1n) is 14.9. The lowest BCUT2D eigenvalue weighted by Gasteiger charge is -2.32. The van der Waals surface area contributed by atoms with Gasteiger partial charge in [-0.05, 0) is 75.1 Å². The van der Waals surface area contributed by atoms with E-state index in [1.165, 1.54) is 43.2 Å². The Labute approximate surface area is 242 Å². The van der Waals surface area contributed by atoms with Crippen LogP contribution in [-0.2, 0) is 6.42 Å². The number of carbonyl (C=O) groups is 1. The minimum Gasteiger partial charge on any atom is -0.340 e. The fraction of sp³-hybridized carbons (Fsp3) is 0.412. The number of rotatable bonds is 7. The third-order valence-corrected chi connectivity index (χ3v) is 9.64. The molecule has 1 saturated heterocycles. The minimum atomic E-state index is 0.181. The normalized spacial score (nSPS) is 16.8. The molecule has 5 nitrogen and oxygen atoms in total. The highest BCUT2D eigenvalue weighted by Crippen LogP contribution is 2.38. The van der Waals surface area contributed by atoms with Crippen LogP contribution in [0.4, 0.5) is 10.8 Å². The number of aromatic nitrogens is 2. The van der Waals surface area contributed by atoms with Gasteiger partial charge in [0.2, 0.25) is 0 Å². The molecule has 2 aliphatic rings. The fourth-order valence-electron chi connectivity index (χ4n) is 6.58. The van der Waals surface area contributed by atoms with Gasteiger partial charge >= 0.3 is 0 Å². The summed E-state index contributed by atoms with van der Waals surface area (Å²) in [5.41, 5.74) is 7.66. The molecule has 1 aliphatic heterocycles. The van der Waals surface area contributed by atoms with Crippen LogP contribution in [0.1, 0.15) is 78.2 Å². The first kappa shape index (κ1) is 26.8. The molecule has 1 amide bonds. The van der Waals surface area contributed by atoms with E-state index in [-0.39, 0.29) is 5.91 Å². The van der Waals surface area contributed by atoms with Crippen LogP contribution in [0.2, 0.25) is 0 Å². The fourth-order valence-corrected chi connectivity index (χ4v) is 7.30. The second kappa shape index (κ2) is 12.0. The van der Waals surface area contributed by atoms with Gasteiger partial charge in [0.15, 0.2) is 5.13 Å². The van der Waals surface area contributed by atoms with Crippen LogP contribution in [0.25, 0.3) is 11.4 Å². The number of nitrogens with one attached hydrogen (secondary N) is 1. The Morgan fingerprint density at radius 3 is 2.42 bits per heavy atom. The maximum Gasteiger partial charge on any atom is 0.255 e. The van der Waals surface area contributed by atoms with Gasteiger partial charge < -0.3 is 14.8 Å². The highest BCUT2D eigenvalue weighted by atomic mass is 32.1. The minimum absolute atomic E-state index is 0.181. The van der Waals surface area contributed by atoms with Crippen molar-refractivity contribution < 1.29 is 4.79 Å². The van der Waals surface area contributed by atoms with Crippen LogP contribution in [0.3, 0.4) is 0 Å². The summed E-state index contributed by atoms with van der Waals surface area (Å²) in [6, 6.07) is 21.6. The van der Waals surface area contributed by atoms with Crippen molar-refractivity contribution in [1.29, 1.82) is 0 Å². The van der Waals surface area contributed by atoms with Gasteiger partial charge in [0.1, 0.15) is 0 Å². The Morgan fingerprint density at radius 1 is 0.950 bits per heavy atom. The molecule has 6 rings (SSSR count). The van der Waals surface area contributed by atoms with E-state index in [1.807, 2.05) is 6.07 Å². The standard InChI is InChI=1S/C34H40N4OS/c1-24-11-9-10-16-30(24)35-34-36-31(23-40-34)32-22-29(25(2)38(32)28-14-7-4-8-15-28)33(39)37-19-17-27(18-20-37)21-26-12-5-3-6-13-26/h3,5-6,9-13,16,22-23,27-28H,4,7-8,14-15,17-21H2,1-2H3,(H,35,36). The predicted molar refractivity (Wildman–Crippen MR) is 166 cm³/mol. The highest BCUT2D eigenvalue weighted by molar-refractivity contribution is 7.14. The van der Waals surface area contributed by atoms with E-state index in [0.717, 1.165) is 65.8 Å². The van der Waals surface area contributed by atoms with Gasteiger partial charge in [-0.2, -0.15) is 0 Å². The van der Waals surface area contributed by atoms with Crippen molar-refractivity contribution in [3.8, 4) is 11.4 Å². The number of amides is 1. The summed E-state index contributed by atoms with van der Waals surface area (Å²) in [6.45, 7) is 5.92. The van der Waals surface area contributed by atoms with Crippen molar-refractivity contribution in [3.05, 3.63) is 88.4 Å². The van der Waals surface area contributed by atoms with Crippen molar-refractivity contribution in [1.82, 2.24) is 14.5 Å². The van der Waals surface area contributed by atoms with Crippen molar-refractivity contribution in [3.63, 3.8) is 0 Å². The summed E-state index contributed by atoms with van der Waals surface area (Å²) >= 11 is 1.62. The van der Waals surface area contributed by atoms with Crippen LogP contribution in [0, 0.1) is 19.8 Å². The van der Waals surface area contributed by atoms with E-state index in [4.69, 9.17) is 4.98 Å². The number of piperidine rings is 1. The summed E-state index contributed by atoms with van der Waals surface area (Å²) in [4.78, 5) is 21.0. The van der Waals surface area contributed by atoms with E-state index >= 15 is 0 Å². The maximum absolute atomic E-state index is 13.9. The van der Waals surface area contributed by atoms with E-state index < -0.39 is 0 Å². The molecule has 208 valence electrons. The average Bonchev–Trinajstić information content (AvgIpc) is 3.59. The summed E-state index contributed by atoms with van der Waals surface area (Å²) in [7, 11) is 0. The molecule has 0 atom stereocenters. The number of carbonyl (C=O) groups excluding carboxylic acids is 1. The topological polar surface area (TPSA) is 50.2 Å². The van der Waals surface area contributed by atoms with Crippen molar-refractivity contribution in [2.24, 2.45) is 5.92 Å². The zero-order valence-electron chi connectivity index (χ0n) is 23.7. The lowest BCUT2D eigenvalue weighted by Crippen LogP contribution is -2.39. The number of hydrogen-bond donors (Lipinski definition) is 1. The van der Waals surface area contributed by atoms with Gasteiger partial charge in [0.05, 0.1) is 17.0 Å². The molecule has 1 aliphatic carbocycles. The van der Waals surface area contributed by atoms with Crippen LogP contribution in [-0.4, -0.2) is 33.4 Å². The SMILES string of the molecule is Cc1ccccc1Nc1nc(-c2cc(C(=O)N3CCC(Cc4ccccc4)CC3)c(C)n2C2CCCCC2)cs1. The monoisotopic (exact) mass is 552 g/mol. The Bertz CT molecular complexity index is 1440. The number of hydrogen-bond acceptors (Lipinski definition) is 4. The Balaban J connectivity index is 1.23. The second-order valence-corrected chi connectivity index (χ2v) is 12.5. The molecule has 1 N–H and O–H groups in total. The summed E-state index contributed by atoms with van der Waals surface area (Å²) in [5, 5.41) is 6.52. The third-order valence-electron chi connectivity index (χ3n) is 8.88. The summed E-state index contributed by atoms with van der Waals surface area (Å²) < 4.78 is 2.45.